The number of aromatic nitrogens is 3. The zero-order chi connectivity index (χ0) is 23.1. The third-order valence-electron chi connectivity index (χ3n) is 6.01. The number of halogens is 1. The molecule has 2 N–H and O–H groups in total. The van der Waals surface area contributed by atoms with Crippen molar-refractivity contribution in [3.05, 3.63) is 54.1 Å². The number of nitrogens with one attached hydrogen (secondary N) is 1. The van der Waals surface area contributed by atoms with Gasteiger partial charge in [-0.1, -0.05) is 26.0 Å². The molecular weight excluding hydrogens is 425 g/mol. The lowest BCUT2D eigenvalue weighted by Gasteiger charge is -2.35. The molecule has 1 aliphatic rings. The Kier molecular flexibility index (Phi) is 5.46. The van der Waals surface area contributed by atoms with Crippen molar-refractivity contribution in [1.82, 2.24) is 15.2 Å². The van der Waals surface area contributed by atoms with Crippen LogP contribution < -0.4 is 4.74 Å². The largest absolute Gasteiger partial charge is 0.480 e. The van der Waals surface area contributed by atoms with Crippen LogP contribution in [0.4, 0.5) is 4.39 Å². The summed E-state index contributed by atoms with van der Waals surface area (Å²) < 4.78 is 25.3. The van der Waals surface area contributed by atoms with E-state index in [-0.39, 0.29) is 30.5 Å². The van der Waals surface area contributed by atoms with Crippen LogP contribution in [0.2, 0.25) is 0 Å². The highest BCUT2D eigenvalue weighted by molar-refractivity contribution is 6.06. The predicted molar refractivity (Wildman–Crippen MR) is 122 cm³/mol. The van der Waals surface area contributed by atoms with Gasteiger partial charge in [-0.3, -0.25) is 5.10 Å². The number of pyridine rings is 1. The second kappa shape index (κ2) is 8.44. The Morgan fingerprint density at radius 1 is 1.18 bits per heavy atom. The number of aliphatic carboxylic acids is 1. The molecular formula is C25H24FN3O4. The molecule has 2 aromatic heterocycles. The van der Waals surface area contributed by atoms with Crippen molar-refractivity contribution >= 4 is 27.6 Å². The molecule has 0 spiro atoms. The summed E-state index contributed by atoms with van der Waals surface area (Å²) in [7, 11) is 0. The van der Waals surface area contributed by atoms with Gasteiger partial charge in [0.05, 0.1) is 23.5 Å². The maximum atomic E-state index is 13.6. The normalized spacial score (nSPS) is 18.1. The Labute approximate surface area is 189 Å². The second-order valence-electron chi connectivity index (χ2n) is 8.73. The molecule has 33 heavy (non-hydrogen) atoms. The zero-order valence-electron chi connectivity index (χ0n) is 18.3. The van der Waals surface area contributed by atoms with Crippen LogP contribution in [0, 0.1) is 5.82 Å². The molecule has 0 unspecified atom stereocenters. The molecule has 2 aromatic carbocycles. The molecule has 0 amide bonds. The maximum absolute atomic E-state index is 13.6. The Balaban J connectivity index is 1.59. The lowest BCUT2D eigenvalue weighted by atomic mass is 9.91. The van der Waals surface area contributed by atoms with Crippen LogP contribution >= 0.6 is 0 Å². The molecule has 2 heterocycles. The fourth-order valence-electron chi connectivity index (χ4n) is 4.26. The van der Waals surface area contributed by atoms with Crippen molar-refractivity contribution in [1.29, 1.82) is 0 Å². The molecule has 1 aliphatic carbocycles. The van der Waals surface area contributed by atoms with Crippen molar-refractivity contribution in [3.8, 4) is 17.0 Å². The van der Waals surface area contributed by atoms with Gasteiger partial charge in [-0.2, -0.15) is 5.10 Å². The van der Waals surface area contributed by atoms with Crippen molar-refractivity contribution in [2.75, 3.05) is 6.61 Å². The first-order chi connectivity index (χ1) is 15.9. The van der Waals surface area contributed by atoms with E-state index in [1.54, 1.807) is 18.3 Å². The topological polar surface area (TPSA) is 97.3 Å². The van der Waals surface area contributed by atoms with Crippen LogP contribution in [0.1, 0.15) is 38.3 Å². The minimum absolute atomic E-state index is 0.102. The van der Waals surface area contributed by atoms with E-state index < -0.39 is 5.97 Å². The fraction of sp³-hybridized carbons (Fsp3) is 0.320. The van der Waals surface area contributed by atoms with Crippen LogP contribution in [-0.4, -0.2) is 45.1 Å². The molecule has 5 rings (SSSR count). The number of fused-ring (bicyclic) bond motifs is 2. The Morgan fingerprint density at radius 3 is 2.64 bits per heavy atom. The summed E-state index contributed by atoms with van der Waals surface area (Å²) >= 11 is 0. The number of carboxylic acid groups (broad SMARTS) is 1. The van der Waals surface area contributed by atoms with Gasteiger partial charge >= 0.3 is 5.97 Å². The summed E-state index contributed by atoms with van der Waals surface area (Å²) in [6, 6.07) is 10.5. The van der Waals surface area contributed by atoms with Crippen LogP contribution in [0.3, 0.4) is 0 Å². The van der Waals surface area contributed by atoms with E-state index in [0.717, 1.165) is 38.5 Å². The number of ether oxygens (including phenoxy) is 2. The lowest BCUT2D eigenvalue weighted by molar-refractivity contribution is -0.149. The van der Waals surface area contributed by atoms with Gasteiger partial charge in [-0.25, -0.2) is 14.2 Å². The average molecular weight is 449 g/mol. The maximum Gasteiger partial charge on any atom is 0.329 e. The molecule has 7 nitrogen and oxygen atoms in total. The highest BCUT2D eigenvalue weighted by Crippen LogP contribution is 2.41. The van der Waals surface area contributed by atoms with Crippen LogP contribution in [0.15, 0.2) is 42.6 Å². The number of H-pyrrole nitrogens is 1. The van der Waals surface area contributed by atoms with E-state index >= 15 is 0 Å². The summed E-state index contributed by atoms with van der Waals surface area (Å²) in [5.41, 5.74) is 3.57. The fourth-order valence-corrected chi connectivity index (χ4v) is 4.26. The van der Waals surface area contributed by atoms with Gasteiger partial charge in [0.1, 0.15) is 18.5 Å². The van der Waals surface area contributed by atoms with Crippen molar-refractivity contribution < 1.29 is 23.8 Å². The van der Waals surface area contributed by atoms with Gasteiger partial charge in [0.25, 0.3) is 0 Å². The molecule has 0 atom stereocenters. The summed E-state index contributed by atoms with van der Waals surface area (Å²) in [5, 5.41) is 18.7. The molecule has 0 bridgehead atoms. The van der Waals surface area contributed by atoms with Crippen molar-refractivity contribution in [2.45, 2.75) is 44.8 Å². The van der Waals surface area contributed by atoms with E-state index in [1.807, 2.05) is 6.07 Å². The highest BCUT2D eigenvalue weighted by atomic mass is 19.1. The number of rotatable bonds is 7. The second-order valence-corrected chi connectivity index (χ2v) is 8.73. The number of nitrogens with zero attached hydrogens (tertiary/aromatic N) is 2. The highest BCUT2D eigenvalue weighted by Gasteiger charge is 2.33. The smallest absolute Gasteiger partial charge is 0.329 e. The average Bonchev–Trinajstić information content (AvgIpc) is 3.21. The first-order valence-corrected chi connectivity index (χ1v) is 11.0. The minimum Gasteiger partial charge on any atom is -0.480 e. The number of benzene rings is 2. The molecule has 8 heteroatoms. The van der Waals surface area contributed by atoms with Crippen LogP contribution in [0.5, 0.6) is 5.88 Å². The molecule has 0 radical (unpaired) electrons. The van der Waals surface area contributed by atoms with Gasteiger partial charge in [0.15, 0.2) is 0 Å². The van der Waals surface area contributed by atoms with Gasteiger partial charge < -0.3 is 14.6 Å². The van der Waals surface area contributed by atoms with Gasteiger partial charge in [0.2, 0.25) is 5.88 Å². The number of carbonyl (C=O) groups is 1. The van der Waals surface area contributed by atoms with Crippen molar-refractivity contribution in [2.24, 2.45) is 0 Å². The van der Waals surface area contributed by atoms with Crippen molar-refractivity contribution in [3.63, 3.8) is 0 Å². The summed E-state index contributed by atoms with van der Waals surface area (Å²) in [6.45, 7) is 3.83. The van der Waals surface area contributed by atoms with Gasteiger partial charge in [-0.05, 0) is 41.1 Å². The Hall–Kier alpha value is -3.52. The number of aromatic amines is 1. The number of hydrogen-bond donors (Lipinski definition) is 2. The van der Waals surface area contributed by atoms with E-state index in [4.69, 9.17) is 19.6 Å². The molecule has 1 fully saturated rings. The zero-order valence-corrected chi connectivity index (χ0v) is 18.3. The van der Waals surface area contributed by atoms with Crippen LogP contribution in [-0.2, 0) is 9.53 Å². The van der Waals surface area contributed by atoms with Crippen LogP contribution in [0.25, 0.3) is 32.8 Å². The van der Waals surface area contributed by atoms with E-state index in [1.165, 1.54) is 12.1 Å². The number of hydrogen-bond acceptors (Lipinski definition) is 5. The first-order valence-electron chi connectivity index (χ1n) is 11.0. The third-order valence-corrected chi connectivity index (χ3v) is 6.01. The number of carboxylic acids is 1. The van der Waals surface area contributed by atoms with Gasteiger partial charge in [0, 0.05) is 29.2 Å². The molecule has 170 valence electrons. The van der Waals surface area contributed by atoms with E-state index in [2.05, 4.69) is 30.1 Å². The van der Waals surface area contributed by atoms with E-state index in [9.17, 15) is 9.18 Å². The minimum atomic E-state index is -0.978. The molecule has 0 aliphatic heterocycles. The standard InChI is InChI=1S/C25H24FN3O4/c1-13(2)24-23(14-3-5-16(26)6-4-14)19-7-15-11-27-29-21(15)10-20(19)25(28-24)33-18-8-17(9-18)32-12-22(30)31/h3-7,10-11,13,17-18H,8-9,12H2,1-2H3,(H,27,29)(H,30,31)/t17-,18-. The molecule has 1 saturated carbocycles. The third kappa shape index (κ3) is 4.14. The summed E-state index contributed by atoms with van der Waals surface area (Å²) in [4.78, 5) is 15.6. The summed E-state index contributed by atoms with van der Waals surface area (Å²) in [5.74, 6) is -0.639. The van der Waals surface area contributed by atoms with Gasteiger partial charge in [-0.15, -0.1) is 0 Å². The molecule has 0 saturated heterocycles. The van der Waals surface area contributed by atoms with E-state index in [0.29, 0.717) is 18.7 Å². The SMILES string of the molecule is CC(C)c1nc(O[C@H]2C[C@H](OCC(=O)O)C2)c2cc3[nH]ncc3cc2c1-c1ccc(F)cc1. The molecule has 4 aromatic rings. The quantitative estimate of drug-likeness (QED) is 0.410. The monoisotopic (exact) mass is 449 g/mol. The Bertz CT molecular complexity index is 1330. The Morgan fingerprint density at radius 2 is 1.94 bits per heavy atom. The summed E-state index contributed by atoms with van der Waals surface area (Å²) in [6.07, 6.45) is 2.77. The lowest BCUT2D eigenvalue weighted by Crippen LogP contribution is -2.40. The predicted octanol–water partition coefficient (Wildman–Crippen LogP) is 5.05. The first kappa shape index (κ1) is 21.3.